The number of carbonyl (C=O) groups excluding carboxylic acids is 2. The number of nitrogens with zero attached hydrogens (tertiary/aromatic N) is 1. The molecule has 160 valence electrons. The van der Waals surface area contributed by atoms with Crippen LogP contribution in [0.3, 0.4) is 0 Å². The number of methoxy groups -OCH3 is 3. The predicted octanol–water partition coefficient (Wildman–Crippen LogP) is 2.23. The van der Waals surface area contributed by atoms with Gasteiger partial charge in [0.15, 0.2) is 11.5 Å². The van der Waals surface area contributed by atoms with Gasteiger partial charge in [-0.3, -0.25) is 9.59 Å². The fraction of sp³-hybridized carbons (Fsp3) is 0.333. The highest BCUT2D eigenvalue weighted by Gasteiger charge is 2.24. The largest absolute Gasteiger partial charge is 0.493 e. The maximum absolute atomic E-state index is 12.9. The van der Waals surface area contributed by atoms with Gasteiger partial charge in [-0.05, 0) is 31.2 Å². The smallest absolute Gasteiger partial charge is 0.268 e. The Labute approximate surface area is 173 Å². The summed E-state index contributed by atoms with van der Waals surface area (Å²) in [7, 11) is 6.32. The molecule has 0 radical (unpaired) electrons. The standard InChI is InChI=1S/C21H25N3O6/c1-12(20(25)22-11-14-7-6-8-30-14)23-21(26)15-9-13-10-16(27-3)18(28-4)19(29-5)17(13)24(15)2/h6-10,12H,11H2,1-5H3,(H,22,25)(H,23,26). The molecule has 0 bridgehead atoms. The summed E-state index contributed by atoms with van der Waals surface area (Å²) in [6.07, 6.45) is 1.53. The number of ether oxygens (including phenoxy) is 3. The summed E-state index contributed by atoms with van der Waals surface area (Å²) >= 11 is 0. The molecule has 0 fully saturated rings. The number of amides is 2. The van der Waals surface area contributed by atoms with Crippen LogP contribution in [-0.2, 0) is 18.4 Å². The summed E-state index contributed by atoms with van der Waals surface area (Å²) in [4.78, 5) is 25.2. The molecule has 0 saturated heterocycles. The number of aromatic nitrogens is 1. The number of hydrogen-bond donors (Lipinski definition) is 2. The number of hydrogen-bond acceptors (Lipinski definition) is 6. The van der Waals surface area contributed by atoms with Crippen LogP contribution in [0.5, 0.6) is 17.2 Å². The lowest BCUT2D eigenvalue weighted by atomic mass is 10.2. The van der Waals surface area contributed by atoms with Crippen molar-refractivity contribution in [2.24, 2.45) is 7.05 Å². The molecule has 1 atom stereocenters. The van der Waals surface area contributed by atoms with E-state index in [-0.39, 0.29) is 12.5 Å². The summed E-state index contributed by atoms with van der Waals surface area (Å²) in [5, 5.41) is 6.18. The number of furan rings is 1. The van der Waals surface area contributed by atoms with Crippen LogP contribution in [0.4, 0.5) is 0 Å². The summed E-state index contributed by atoms with van der Waals surface area (Å²) in [5.41, 5.74) is 1.04. The highest BCUT2D eigenvalue weighted by molar-refractivity contribution is 6.03. The Morgan fingerprint density at radius 1 is 1.13 bits per heavy atom. The van der Waals surface area contributed by atoms with Gasteiger partial charge in [-0.1, -0.05) is 0 Å². The van der Waals surface area contributed by atoms with Gasteiger partial charge in [-0.2, -0.15) is 0 Å². The van der Waals surface area contributed by atoms with E-state index in [1.165, 1.54) is 27.6 Å². The molecule has 30 heavy (non-hydrogen) atoms. The van der Waals surface area contributed by atoms with E-state index in [4.69, 9.17) is 18.6 Å². The van der Waals surface area contributed by atoms with E-state index in [0.29, 0.717) is 34.2 Å². The molecule has 0 aliphatic rings. The number of aryl methyl sites for hydroxylation is 1. The van der Waals surface area contributed by atoms with Gasteiger partial charge >= 0.3 is 0 Å². The minimum atomic E-state index is -0.739. The second-order valence-electron chi connectivity index (χ2n) is 6.66. The minimum absolute atomic E-state index is 0.247. The second kappa shape index (κ2) is 8.81. The molecule has 1 aromatic carbocycles. The fourth-order valence-corrected chi connectivity index (χ4v) is 3.28. The first-order valence-electron chi connectivity index (χ1n) is 9.30. The number of benzene rings is 1. The van der Waals surface area contributed by atoms with Gasteiger partial charge in [-0.25, -0.2) is 0 Å². The Bertz CT molecular complexity index is 1050. The molecule has 0 aliphatic carbocycles. The van der Waals surface area contributed by atoms with E-state index in [0.717, 1.165) is 5.39 Å². The molecular weight excluding hydrogens is 390 g/mol. The number of rotatable bonds is 8. The highest BCUT2D eigenvalue weighted by atomic mass is 16.5. The van der Waals surface area contributed by atoms with E-state index in [2.05, 4.69) is 10.6 Å². The predicted molar refractivity (Wildman–Crippen MR) is 110 cm³/mol. The van der Waals surface area contributed by atoms with E-state index in [9.17, 15) is 9.59 Å². The third-order valence-electron chi connectivity index (χ3n) is 4.81. The zero-order chi connectivity index (χ0) is 21.8. The zero-order valence-electron chi connectivity index (χ0n) is 17.6. The number of fused-ring (bicyclic) bond motifs is 1. The summed E-state index contributed by atoms with van der Waals surface area (Å²) in [5.74, 6) is 1.30. The van der Waals surface area contributed by atoms with Crippen molar-refractivity contribution in [2.45, 2.75) is 19.5 Å². The van der Waals surface area contributed by atoms with Crippen molar-refractivity contribution >= 4 is 22.7 Å². The van der Waals surface area contributed by atoms with E-state index in [1.807, 2.05) is 0 Å². The van der Waals surface area contributed by atoms with Crippen molar-refractivity contribution in [3.63, 3.8) is 0 Å². The molecule has 9 nitrogen and oxygen atoms in total. The normalized spacial score (nSPS) is 11.8. The summed E-state index contributed by atoms with van der Waals surface area (Å²) in [6.45, 7) is 1.86. The van der Waals surface area contributed by atoms with E-state index in [1.54, 1.807) is 42.8 Å². The van der Waals surface area contributed by atoms with Crippen LogP contribution in [0.2, 0.25) is 0 Å². The zero-order valence-corrected chi connectivity index (χ0v) is 17.6. The van der Waals surface area contributed by atoms with Crippen LogP contribution in [0, 0.1) is 0 Å². The Hall–Kier alpha value is -3.62. The van der Waals surface area contributed by atoms with Crippen molar-refractivity contribution in [1.29, 1.82) is 0 Å². The first kappa shape index (κ1) is 21.1. The van der Waals surface area contributed by atoms with Gasteiger partial charge in [0.25, 0.3) is 5.91 Å². The first-order valence-corrected chi connectivity index (χ1v) is 9.30. The maximum Gasteiger partial charge on any atom is 0.268 e. The van der Waals surface area contributed by atoms with E-state index >= 15 is 0 Å². The van der Waals surface area contributed by atoms with Gasteiger partial charge in [0, 0.05) is 12.4 Å². The average molecular weight is 415 g/mol. The molecule has 0 aliphatic heterocycles. The van der Waals surface area contributed by atoms with Crippen molar-refractivity contribution in [3.05, 3.63) is 42.0 Å². The molecule has 2 N–H and O–H groups in total. The lowest BCUT2D eigenvalue weighted by Gasteiger charge is -2.15. The summed E-state index contributed by atoms with van der Waals surface area (Å²) < 4.78 is 23.2. The molecule has 9 heteroatoms. The van der Waals surface area contributed by atoms with Crippen LogP contribution in [0.25, 0.3) is 10.9 Å². The third kappa shape index (κ3) is 3.91. The van der Waals surface area contributed by atoms with Gasteiger partial charge in [0.1, 0.15) is 17.5 Å². The molecule has 2 aromatic heterocycles. The second-order valence-corrected chi connectivity index (χ2v) is 6.66. The quantitative estimate of drug-likeness (QED) is 0.585. The van der Waals surface area contributed by atoms with Crippen LogP contribution in [0.1, 0.15) is 23.2 Å². The first-order chi connectivity index (χ1) is 14.4. The van der Waals surface area contributed by atoms with Crippen LogP contribution in [0.15, 0.2) is 34.9 Å². The van der Waals surface area contributed by atoms with Gasteiger partial charge < -0.3 is 33.8 Å². The molecule has 1 unspecified atom stereocenters. The molecule has 2 heterocycles. The van der Waals surface area contributed by atoms with E-state index < -0.39 is 11.9 Å². The van der Waals surface area contributed by atoms with Gasteiger partial charge in [0.05, 0.1) is 39.7 Å². The maximum atomic E-state index is 12.9. The average Bonchev–Trinajstić information content (AvgIpc) is 3.38. The van der Waals surface area contributed by atoms with Crippen molar-refractivity contribution in [2.75, 3.05) is 21.3 Å². The van der Waals surface area contributed by atoms with Crippen LogP contribution >= 0.6 is 0 Å². The summed E-state index contributed by atoms with van der Waals surface area (Å²) in [6, 6.07) is 6.24. The van der Waals surface area contributed by atoms with Crippen LogP contribution < -0.4 is 24.8 Å². The van der Waals surface area contributed by atoms with Crippen molar-refractivity contribution < 1.29 is 28.2 Å². The molecule has 0 saturated carbocycles. The lowest BCUT2D eigenvalue weighted by Crippen LogP contribution is -2.44. The Morgan fingerprint density at radius 3 is 2.47 bits per heavy atom. The molecule has 2 amide bonds. The van der Waals surface area contributed by atoms with Gasteiger partial charge in [-0.15, -0.1) is 0 Å². The number of nitrogens with one attached hydrogen (secondary N) is 2. The lowest BCUT2D eigenvalue weighted by molar-refractivity contribution is -0.122. The molecule has 0 spiro atoms. The van der Waals surface area contributed by atoms with Crippen LogP contribution in [-0.4, -0.2) is 43.8 Å². The SMILES string of the molecule is COc1cc2cc(C(=O)NC(C)C(=O)NCc3ccco3)n(C)c2c(OC)c1OC. The Kier molecular flexibility index (Phi) is 6.20. The van der Waals surface area contributed by atoms with Gasteiger partial charge in [0.2, 0.25) is 11.7 Å². The Balaban J connectivity index is 1.82. The number of carbonyl (C=O) groups is 2. The Morgan fingerprint density at radius 2 is 1.87 bits per heavy atom. The monoisotopic (exact) mass is 415 g/mol. The van der Waals surface area contributed by atoms with Crippen molar-refractivity contribution in [1.82, 2.24) is 15.2 Å². The minimum Gasteiger partial charge on any atom is -0.493 e. The fourth-order valence-electron chi connectivity index (χ4n) is 3.28. The van der Waals surface area contributed by atoms with Crippen molar-refractivity contribution in [3.8, 4) is 17.2 Å². The molecule has 3 rings (SSSR count). The highest BCUT2D eigenvalue weighted by Crippen LogP contribution is 2.44. The molecule has 3 aromatic rings. The molecular formula is C21H25N3O6. The third-order valence-corrected chi connectivity index (χ3v) is 4.81. The topological polar surface area (TPSA) is 104 Å².